The van der Waals surface area contributed by atoms with Gasteiger partial charge in [-0.2, -0.15) is 0 Å². The maximum absolute atomic E-state index is 13.6. The fraction of sp³-hybridized carbons (Fsp3) is 0.393. The number of hydrogen-bond donors (Lipinski definition) is 2. The number of carbonyl (C=O) groups excluding carboxylic acids is 3. The molecule has 3 amide bonds. The molecule has 35 heavy (non-hydrogen) atoms. The normalized spacial score (nSPS) is 11.7. The average Bonchev–Trinajstić information content (AvgIpc) is 2.80. The van der Waals surface area contributed by atoms with Crippen molar-refractivity contribution in [3.05, 3.63) is 65.2 Å². The van der Waals surface area contributed by atoms with Gasteiger partial charge in [-0.25, -0.2) is 4.79 Å². The summed E-state index contributed by atoms with van der Waals surface area (Å²) >= 11 is 0. The van der Waals surface area contributed by atoms with E-state index in [1.807, 2.05) is 38.1 Å². The third-order valence-corrected chi connectivity index (χ3v) is 5.21. The van der Waals surface area contributed by atoms with Gasteiger partial charge in [0.15, 0.2) is 0 Å². The molecule has 0 fully saturated rings. The van der Waals surface area contributed by atoms with Crippen LogP contribution in [-0.2, 0) is 14.3 Å². The first-order valence-electron chi connectivity index (χ1n) is 11.7. The fourth-order valence-corrected chi connectivity index (χ4v) is 3.44. The van der Waals surface area contributed by atoms with Crippen molar-refractivity contribution in [3.8, 4) is 12.3 Å². The van der Waals surface area contributed by atoms with Crippen LogP contribution >= 0.6 is 0 Å². The van der Waals surface area contributed by atoms with E-state index in [0.717, 1.165) is 12.0 Å². The zero-order valence-electron chi connectivity index (χ0n) is 21.2. The lowest BCUT2D eigenvalue weighted by atomic mass is 10.0. The number of benzene rings is 2. The Bertz CT molecular complexity index is 1060. The van der Waals surface area contributed by atoms with Crippen molar-refractivity contribution in [2.24, 2.45) is 0 Å². The largest absolute Gasteiger partial charge is 0.444 e. The topological polar surface area (TPSA) is 87.7 Å². The fourth-order valence-electron chi connectivity index (χ4n) is 3.44. The van der Waals surface area contributed by atoms with Crippen molar-refractivity contribution in [2.45, 2.75) is 59.1 Å². The Morgan fingerprint density at radius 3 is 2.31 bits per heavy atom. The molecule has 2 aromatic carbocycles. The lowest BCUT2D eigenvalue weighted by Crippen LogP contribution is -2.47. The average molecular weight is 478 g/mol. The number of alkyl carbamates (subject to hydrolysis) is 1. The van der Waals surface area contributed by atoms with E-state index >= 15 is 0 Å². The number of amides is 3. The number of rotatable bonds is 9. The molecule has 1 unspecified atom stereocenters. The first-order valence-corrected chi connectivity index (χ1v) is 11.7. The highest BCUT2D eigenvalue weighted by molar-refractivity contribution is 5.98. The number of unbranched alkanes of at least 4 members (excludes halogenated alkanes) is 1. The lowest BCUT2D eigenvalue weighted by molar-refractivity contribution is -0.138. The summed E-state index contributed by atoms with van der Waals surface area (Å²) in [6, 6.07) is 13.5. The molecule has 186 valence electrons. The highest BCUT2D eigenvalue weighted by Crippen LogP contribution is 2.25. The van der Waals surface area contributed by atoms with Gasteiger partial charge in [-0.3, -0.25) is 9.59 Å². The third-order valence-electron chi connectivity index (χ3n) is 5.21. The Hall–Kier alpha value is -3.79. The minimum absolute atomic E-state index is 0.296. The van der Waals surface area contributed by atoms with Crippen LogP contribution in [0.25, 0.3) is 0 Å². The van der Waals surface area contributed by atoms with E-state index in [9.17, 15) is 14.4 Å². The molecule has 0 saturated heterocycles. The van der Waals surface area contributed by atoms with Crippen LogP contribution in [0.5, 0.6) is 0 Å². The number of para-hydroxylation sites is 1. The second kappa shape index (κ2) is 12.6. The Morgan fingerprint density at radius 1 is 1.09 bits per heavy atom. The number of aryl methyl sites for hydroxylation is 1. The van der Waals surface area contributed by atoms with Crippen LogP contribution in [0.15, 0.2) is 48.5 Å². The zero-order valence-corrected chi connectivity index (χ0v) is 21.2. The molecule has 2 N–H and O–H groups in total. The van der Waals surface area contributed by atoms with Gasteiger partial charge in [0.25, 0.3) is 5.91 Å². The molecule has 1 atom stereocenters. The number of nitrogens with one attached hydrogen (secondary N) is 2. The van der Waals surface area contributed by atoms with Gasteiger partial charge in [-0.1, -0.05) is 49.6 Å². The van der Waals surface area contributed by atoms with E-state index in [4.69, 9.17) is 11.2 Å². The number of hydrogen-bond acceptors (Lipinski definition) is 4. The van der Waals surface area contributed by atoms with Gasteiger partial charge < -0.3 is 20.3 Å². The van der Waals surface area contributed by atoms with Gasteiger partial charge in [-0.05, 0) is 63.4 Å². The zero-order chi connectivity index (χ0) is 26.0. The van der Waals surface area contributed by atoms with Gasteiger partial charge in [0, 0.05) is 17.8 Å². The summed E-state index contributed by atoms with van der Waals surface area (Å²) in [5.41, 5.74) is 2.17. The Morgan fingerprint density at radius 2 is 1.74 bits per heavy atom. The molecule has 0 heterocycles. The minimum atomic E-state index is -0.916. The Labute approximate surface area is 208 Å². The van der Waals surface area contributed by atoms with Crippen LogP contribution in [0.4, 0.5) is 10.5 Å². The van der Waals surface area contributed by atoms with Crippen molar-refractivity contribution in [1.82, 2.24) is 10.2 Å². The number of nitrogens with zero attached hydrogens (tertiary/aromatic N) is 1. The van der Waals surface area contributed by atoms with Crippen LogP contribution in [0.1, 0.15) is 63.3 Å². The predicted molar refractivity (Wildman–Crippen MR) is 138 cm³/mol. The standard InChI is InChI=1S/C28H35N3O4/c1-7-9-18-31(24(32)19-29-27(34)35-28(4,5)6)25(22-16-14-21(8-2)15-17-22)26(33)30-23-13-11-10-12-20(23)3/h2,10-17,25H,7,9,18-19H2,1,3-6H3,(H,29,34)(H,30,33). The molecule has 0 aromatic heterocycles. The Kier molecular flexibility index (Phi) is 9.89. The molecular weight excluding hydrogens is 442 g/mol. The molecule has 0 aliphatic rings. The highest BCUT2D eigenvalue weighted by atomic mass is 16.6. The first kappa shape index (κ1) is 27.5. The van der Waals surface area contributed by atoms with Crippen molar-refractivity contribution in [1.29, 1.82) is 0 Å². The lowest BCUT2D eigenvalue weighted by Gasteiger charge is -2.32. The van der Waals surface area contributed by atoms with Crippen LogP contribution in [0, 0.1) is 19.3 Å². The number of terminal acetylenes is 1. The molecule has 7 nitrogen and oxygen atoms in total. The summed E-state index contributed by atoms with van der Waals surface area (Å²) in [4.78, 5) is 40.5. The van der Waals surface area contributed by atoms with Crippen LogP contribution in [0.2, 0.25) is 0 Å². The maximum Gasteiger partial charge on any atom is 0.408 e. The van der Waals surface area contributed by atoms with Gasteiger partial charge >= 0.3 is 6.09 Å². The van der Waals surface area contributed by atoms with E-state index in [1.165, 1.54) is 4.90 Å². The second-order valence-electron chi connectivity index (χ2n) is 9.27. The summed E-state index contributed by atoms with van der Waals surface area (Å²) in [7, 11) is 0. The third kappa shape index (κ3) is 8.49. The van der Waals surface area contributed by atoms with Gasteiger partial charge in [0.2, 0.25) is 5.91 Å². The second-order valence-corrected chi connectivity index (χ2v) is 9.27. The molecule has 2 aromatic rings. The van der Waals surface area contributed by atoms with Crippen LogP contribution in [0.3, 0.4) is 0 Å². The molecule has 0 aliphatic heterocycles. The van der Waals surface area contributed by atoms with Crippen molar-refractivity contribution < 1.29 is 19.1 Å². The van der Waals surface area contributed by atoms with Gasteiger partial charge in [-0.15, -0.1) is 6.42 Å². The van der Waals surface area contributed by atoms with Crippen molar-refractivity contribution in [2.75, 3.05) is 18.4 Å². The van der Waals surface area contributed by atoms with Gasteiger partial charge in [0.05, 0.1) is 0 Å². The minimum Gasteiger partial charge on any atom is -0.444 e. The number of anilines is 1. The summed E-state index contributed by atoms with van der Waals surface area (Å²) in [6.45, 7) is 9.18. The monoisotopic (exact) mass is 477 g/mol. The Balaban J connectivity index is 2.37. The molecular formula is C28H35N3O4. The molecule has 0 radical (unpaired) electrons. The highest BCUT2D eigenvalue weighted by Gasteiger charge is 2.32. The molecule has 2 rings (SSSR count). The molecule has 0 spiro atoms. The SMILES string of the molecule is C#Cc1ccc(C(C(=O)Nc2ccccc2C)N(CCCC)C(=O)CNC(=O)OC(C)(C)C)cc1. The summed E-state index contributed by atoms with van der Waals surface area (Å²) in [6.07, 6.45) is 6.31. The molecule has 0 bridgehead atoms. The molecule has 7 heteroatoms. The van der Waals surface area contributed by atoms with E-state index < -0.39 is 23.6 Å². The number of ether oxygens (including phenoxy) is 1. The number of carbonyl (C=O) groups is 3. The maximum atomic E-state index is 13.6. The van der Waals surface area contributed by atoms with E-state index in [-0.39, 0.29) is 12.5 Å². The summed E-state index contributed by atoms with van der Waals surface area (Å²) in [5.74, 6) is 1.82. The molecule has 0 aliphatic carbocycles. The summed E-state index contributed by atoms with van der Waals surface area (Å²) in [5, 5.41) is 5.47. The molecule has 0 saturated carbocycles. The first-order chi connectivity index (χ1) is 16.6. The van der Waals surface area contributed by atoms with Crippen molar-refractivity contribution in [3.63, 3.8) is 0 Å². The van der Waals surface area contributed by atoms with Crippen LogP contribution < -0.4 is 10.6 Å². The quantitative estimate of drug-likeness (QED) is 0.508. The van der Waals surface area contributed by atoms with E-state index in [1.54, 1.807) is 45.0 Å². The van der Waals surface area contributed by atoms with E-state index in [2.05, 4.69) is 16.6 Å². The van der Waals surface area contributed by atoms with Crippen LogP contribution in [-0.4, -0.2) is 41.5 Å². The van der Waals surface area contributed by atoms with E-state index in [0.29, 0.717) is 29.8 Å². The van der Waals surface area contributed by atoms with Crippen molar-refractivity contribution >= 4 is 23.6 Å². The predicted octanol–water partition coefficient (Wildman–Crippen LogP) is 4.81. The van der Waals surface area contributed by atoms with Gasteiger partial charge in [0.1, 0.15) is 18.2 Å². The smallest absolute Gasteiger partial charge is 0.408 e. The summed E-state index contributed by atoms with van der Waals surface area (Å²) < 4.78 is 5.24.